The highest BCUT2D eigenvalue weighted by Gasteiger charge is 2.23. The van der Waals surface area contributed by atoms with E-state index in [2.05, 4.69) is 42.5 Å². The number of aryl methyl sites for hydroxylation is 1. The van der Waals surface area contributed by atoms with Crippen molar-refractivity contribution in [3.05, 3.63) is 89.0 Å². The van der Waals surface area contributed by atoms with E-state index in [9.17, 15) is 10.2 Å². The lowest BCUT2D eigenvalue weighted by atomic mass is 9.92. The van der Waals surface area contributed by atoms with Crippen LogP contribution in [0.5, 0.6) is 5.75 Å². The molecule has 156 valence electrons. The normalized spacial score (nSPS) is 12.9. The third-order valence-corrected chi connectivity index (χ3v) is 6.78. The van der Waals surface area contributed by atoms with Crippen LogP contribution >= 0.6 is 11.8 Å². The number of aliphatic hydroxyl groups is 2. The fraction of sp³-hybridized carbons (Fsp3) is 0.280. The van der Waals surface area contributed by atoms with E-state index in [1.54, 1.807) is 11.8 Å². The van der Waals surface area contributed by atoms with E-state index in [1.165, 1.54) is 26.5 Å². The molecule has 3 aromatic carbocycles. The SMILES string of the molecule is NC(CO)(CO)CCc1ccc2c(c1)Cc1cc(OCc3ccccc3)ccc1S2. The van der Waals surface area contributed by atoms with Gasteiger partial charge >= 0.3 is 0 Å². The molecular weight excluding hydrogens is 394 g/mol. The summed E-state index contributed by atoms with van der Waals surface area (Å²) in [5, 5.41) is 18.8. The van der Waals surface area contributed by atoms with Gasteiger partial charge in [-0.1, -0.05) is 54.2 Å². The molecule has 3 aromatic rings. The van der Waals surface area contributed by atoms with Crippen molar-refractivity contribution in [2.24, 2.45) is 5.73 Å². The quantitative estimate of drug-likeness (QED) is 0.402. The van der Waals surface area contributed by atoms with Gasteiger partial charge < -0.3 is 20.7 Å². The zero-order chi connectivity index (χ0) is 21.0. The van der Waals surface area contributed by atoms with Gasteiger partial charge in [-0.25, -0.2) is 0 Å². The molecule has 1 heterocycles. The van der Waals surface area contributed by atoms with Gasteiger partial charge in [-0.3, -0.25) is 0 Å². The summed E-state index contributed by atoms with van der Waals surface area (Å²) in [6.07, 6.45) is 2.13. The van der Waals surface area contributed by atoms with Gasteiger partial charge in [0.25, 0.3) is 0 Å². The largest absolute Gasteiger partial charge is 0.489 e. The van der Waals surface area contributed by atoms with Crippen LogP contribution in [0.2, 0.25) is 0 Å². The van der Waals surface area contributed by atoms with Crippen molar-refractivity contribution in [2.75, 3.05) is 13.2 Å². The highest BCUT2D eigenvalue weighted by atomic mass is 32.2. The Morgan fingerprint density at radius 3 is 2.30 bits per heavy atom. The molecule has 0 bridgehead atoms. The summed E-state index contributed by atoms with van der Waals surface area (Å²) in [4.78, 5) is 2.54. The van der Waals surface area contributed by atoms with Gasteiger partial charge in [0.1, 0.15) is 12.4 Å². The first-order valence-electron chi connectivity index (χ1n) is 10.2. The second kappa shape index (κ2) is 9.23. The van der Waals surface area contributed by atoms with E-state index >= 15 is 0 Å². The standard InChI is InChI=1S/C25H27NO3S/c26-25(16-27,17-28)11-10-18-6-8-23-20(12-18)13-21-14-22(7-9-24(21)30-23)29-15-19-4-2-1-3-5-19/h1-9,12,14,27-28H,10-11,13,15-17,26H2. The first kappa shape index (κ1) is 20.9. The maximum atomic E-state index is 9.41. The van der Waals surface area contributed by atoms with Crippen LogP contribution in [0, 0.1) is 0 Å². The Bertz CT molecular complexity index is 1000. The monoisotopic (exact) mass is 421 g/mol. The second-order valence-corrected chi connectivity index (χ2v) is 9.03. The molecule has 0 unspecified atom stereocenters. The molecule has 1 aliphatic heterocycles. The molecule has 4 rings (SSSR count). The molecule has 4 N–H and O–H groups in total. The highest BCUT2D eigenvalue weighted by molar-refractivity contribution is 7.99. The lowest BCUT2D eigenvalue weighted by Crippen LogP contribution is -2.47. The Morgan fingerprint density at radius 2 is 1.57 bits per heavy atom. The van der Waals surface area contributed by atoms with Crippen molar-refractivity contribution in [3.63, 3.8) is 0 Å². The Balaban J connectivity index is 1.45. The zero-order valence-corrected chi connectivity index (χ0v) is 17.7. The zero-order valence-electron chi connectivity index (χ0n) is 16.9. The third kappa shape index (κ3) is 4.87. The fourth-order valence-electron chi connectivity index (χ4n) is 3.58. The second-order valence-electron chi connectivity index (χ2n) is 7.94. The number of aliphatic hydroxyl groups excluding tert-OH is 2. The summed E-state index contributed by atoms with van der Waals surface area (Å²) >= 11 is 1.79. The molecule has 0 aliphatic carbocycles. The first-order valence-corrected chi connectivity index (χ1v) is 11.0. The van der Waals surface area contributed by atoms with Crippen molar-refractivity contribution in [1.29, 1.82) is 0 Å². The van der Waals surface area contributed by atoms with Crippen molar-refractivity contribution < 1.29 is 14.9 Å². The lowest BCUT2D eigenvalue weighted by Gasteiger charge is -2.25. The fourth-order valence-corrected chi connectivity index (χ4v) is 4.61. The minimum absolute atomic E-state index is 0.219. The topological polar surface area (TPSA) is 75.7 Å². The van der Waals surface area contributed by atoms with E-state index in [0.717, 1.165) is 24.2 Å². The van der Waals surface area contributed by atoms with E-state index in [0.29, 0.717) is 13.0 Å². The molecule has 5 heteroatoms. The molecule has 0 saturated heterocycles. The first-order chi connectivity index (χ1) is 14.6. The molecule has 0 fully saturated rings. The van der Waals surface area contributed by atoms with Crippen LogP contribution in [0.15, 0.2) is 76.5 Å². The predicted molar refractivity (Wildman–Crippen MR) is 120 cm³/mol. The summed E-state index contributed by atoms with van der Waals surface area (Å²) in [5.74, 6) is 0.886. The summed E-state index contributed by atoms with van der Waals surface area (Å²) < 4.78 is 6.00. The Kier molecular flexibility index (Phi) is 6.44. The van der Waals surface area contributed by atoms with E-state index < -0.39 is 5.54 Å². The smallest absolute Gasteiger partial charge is 0.120 e. The van der Waals surface area contributed by atoms with Crippen LogP contribution in [-0.2, 0) is 19.4 Å². The van der Waals surface area contributed by atoms with Gasteiger partial charge in [0.05, 0.1) is 18.8 Å². The average molecular weight is 422 g/mol. The molecule has 0 atom stereocenters. The van der Waals surface area contributed by atoms with Crippen LogP contribution in [0.25, 0.3) is 0 Å². The van der Waals surface area contributed by atoms with E-state index in [1.807, 2.05) is 24.3 Å². The Morgan fingerprint density at radius 1 is 0.867 bits per heavy atom. The number of benzene rings is 3. The van der Waals surface area contributed by atoms with Gasteiger partial charge in [0.2, 0.25) is 0 Å². The van der Waals surface area contributed by atoms with Gasteiger partial charge in [-0.15, -0.1) is 0 Å². The molecule has 30 heavy (non-hydrogen) atoms. The lowest BCUT2D eigenvalue weighted by molar-refractivity contribution is 0.115. The summed E-state index contributed by atoms with van der Waals surface area (Å²) in [6.45, 7) is 0.122. The summed E-state index contributed by atoms with van der Waals surface area (Å²) in [6, 6.07) is 23.0. The molecule has 1 aliphatic rings. The molecule has 0 radical (unpaired) electrons. The van der Waals surface area contributed by atoms with Crippen molar-refractivity contribution in [3.8, 4) is 5.75 Å². The molecular formula is C25H27NO3S. The number of hydrogen-bond donors (Lipinski definition) is 3. The average Bonchev–Trinajstić information content (AvgIpc) is 2.80. The minimum Gasteiger partial charge on any atom is -0.489 e. The van der Waals surface area contributed by atoms with Gasteiger partial charge in [0, 0.05) is 9.79 Å². The number of hydrogen-bond acceptors (Lipinski definition) is 5. The van der Waals surface area contributed by atoms with E-state index in [-0.39, 0.29) is 13.2 Å². The van der Waals surface area contributed by atoms with Crippen LogP contribution in [-0.4, -0.2) is 29.0 Å². The maximum absolute atomic E-state index is 9.41. The predicted octanol–water partition coefficient (Wildman–Crippen LogP) is 3.94. The Hall–Kier alpha value is -2.31. The van der Waals surface area contributed by atoms with Crippen LogP contribution < -0.4 is 10.5 Å². The van der Waals surface area contributed by atoms with Crippen molar-refractivity contribution >= 4 is 11.8 Å². The molecule has 4 nitrogen and oxygen atoms in total. The molecule has 0 aromatic heterocycles. The van der Waals surface area contributed by atoms with E-state index in [4.69, 9.17) is 10.5 Å². The number of rotatable bonds is 8. The molecule has 0 spiro atoms. The van der Waals surface area contributed by atoms with Crippen molar-refractivity contribution in [1.82, 2.24) is 0 Å². The third-order valence-electron chi connectivity index (χ3n) is 5.55. The maximum Gasteiger partial charge on any atom is 0.120 e. The molecule has 0 amide bonds. The summed E-state index contributed by atoms with van der Waals surface area (Å²) in [7, 11) is 0. The molecule has 0 saturated carbocycles. The van der Waals surface area contributed by atoms with Gasteiger partial charge in [0.15, 0.2) is 0 Å². The van der Waals surface area contributed by atoms with Crippen molar-refractivity contribution in [2.45, 2.75) is 41.2 Å². The van der Waals surface area contributed by atoms with Gasteiger partial charge in [-0.2, -0.15) is 0 Å². The summed E-state index contributed by atoms with van der Waals surface area (Å²) in [5.41, 5.74) is 9.98. The van der Waals surface area contributed by atoms with Crippen LogP contribution in [0.1, 0.15) is 28.7 Å². The highest BCUT2D eigenvalue weighted by Crippen LogP contribution is 2.41. The number of ether oxygens (including phenoxy) is 1. The number of fused-ring (bicyclic) bond motifs is 2. The number of nitrogens with two attached hydrogens (primary N) is 1. The van der Waals surface area contributed by atoms with Gasteiger partial charge in [-0.05, 0) is 65.8 Å². The van der Waals surface area contributed by atoms with Crippen LogP contribution in [0.4, 0.5) is 0 Å². The van der Waals surface area contributed by atoms with Crippen LogP contribution in [0.3, 0.4) is 0 Å². The minimum atomic E-state index is -0.928. The Labute approximate surface area is 181 Å².